The molecule has 2 unspecified atom stereocenters. The van der Waals surface area contributed by atoms with Crippen molar-refractivity contribution in [2.45, 2.75) is 116 Å². The molecule has 2 heterocycles. The Labute approximate surface area is 254 Å². The van der Waals surface area contributed by atoms with Gasteiger partial charge in [-0.25, -0.2) is 0 Å². The van der Waals surface area contributed by atoms with E-state index in [0.717, 1.165) is 80.5 Å². The lowest BCUT2D eigenvalue weighted by Crippen LogP contribution is -2.35. The summed E-state index contributed by atoms with van der Waals surface area (Å²) >= 11 is 3.44. The fourth-order valence-corrected chi connectivity index (χ4v) is 9.75. The van der Waals surface area contributed by atoms with Gasteiger partial charge in [0.15, 0.2) is 12.6 Å². The number of ether oxygens (including phenoxy) is 4. The average Bonchev–Trinajstić information content (AvgIpc) is 2.96. The van der Waals surface area contributed by atoms with Gasteiger partial charge in [0.2, 0.25) is 0 Å². The fraction of sp³-hybridized carbons (Fsp3) is 0.647. The summed E-state index contributed by atoms with van der Waals surface area (Å²) < 4.78 is 23.8. The van der Waals surface area contributed by atoms with Crippen molar-refractivity contribution in [2.75, 3.05) is 26.4 Å². The number of rotatable bonds is 13. The van der Waals surface area contributed by atoms with Crippen molar-refractivity contribution in [1.82, 2.24) is 0 Å². The highest BCUT2D eigenvalue weighted by Crippen LogP contribution is 2.20. The SMILES string of the molecule is Brc1ccc(CCCOC2CCCCO2)cc1.CC(C)[SiH](c1ccc(CCCOC2CCCCO2)cc1)C(C)C. The summed E-state index contributed by atoms with van der Waals surface area (Å²) in [4.78, 5) is 0. The quantitative estimate of drug-likeness (QED) is 0.164. The zero-order chi connectivity index (χ0) is 28.6. The Morgan fingerprint density at radius 3 is 1.55 bits per heavy atom. The van der Waals surface area contributed by atoms with Crippen LogP contribution in [0.1, 0.15) is 90.2 Å². The zero-order valence-electron chi connectivity index (χ0n) is 25.4. The fourth-order valence-electron chi connectivity index (χ4n) is 5.76. The molecule has 2 atom stereocenters. The lowest BCUT2D eigenvalue weighted by Gasteiger charge is -2.24. The Morgan fingerprint density at radius 1 is 0.700 bits per heavy atom. The summed E-state index contributed by atoms with van der Waals surface area (Å²) in [7, 11) is -0.853. The van der Waals surface area contributed by atoms with E-state index in [0.29, 0.717) is 0 Å². The molecule has 224 valence electrons. The van der Waals surface area contributed by atoms with Gasteiger partial charge in [0.25, 0.3) is 0 Å². The van der Waals surface area contributed by atoms with Gasteiger partial charge in [-0.05, 0) is 98.6 Å². The molecule has 6 heteroatoms. The van der Waals surface area contributed by atoms with Gasteiger partial charge in [0.1, 0.15) is 0 Å². The monoisotopic (exact) mass is 632 g/mol. The van der Waals surface area contributed by atoms with Crippen LogP contribution in [-0.2, 0) is 31.8 Å². The van der Waals surface area contributed by atoms with Crippen molar-refractivity contribution in [1.29, 1.82) is 0 Å². The molecule has 2 saturated heterocycles. The van der Waals surface area contributed by atoms with E-state index in [9.17, 15) is 0 Å². The normalized spacial score (nSPS) is 19.6. The van der Waals surface area contributed by atoms with Crippen LogP contribution in [0, 0.1) is 0 Å². The summed E-state index contributed by atoms with van der Waals surface area (Å²) in [5.74, 6) is 0. The van der Waals surface area contributed by atoms with Gasteiger partial charge in [0, 0.05) is 17.7 Å². The minimum Gasteiger partial charge on any atom is -0.353 e. The first kappa shape index (κ1) is 33.5. The van der Waals surface area contributed by atoms with Crippen molar-refractivity contribution < 1.29 is 18.9 Å². The van der Waals surface area contributed by atoms with E-state index < -0.39 is 8.80 Å². The summed E-state index contributed by atoms with van der Waals surface area (Å²) in [5, 5.41) is 1.62. The van der Waals surface area contributed by atoms with E-state index in [2.05, 4.69) is 92.2 Å². The van der Waals surface area contributed by atoms with Crippen molar-refractivity contribution >= 4 is 29.9 Å². The molecule has 0 N–H and O–H groups in total. The minimum atomic E-state index is -0.853. The van der Waals surface area contributed by atoms with E-state index in [1.54, 1.807) is 5.19 Å². The first-order valence-electron chi connectivity index (χ1n) is 15.7. The van der Waals surface area contributed by atoms with Crippen LogP contribution in [0.2, 0.25) is 11.1 Å². The van der Waals surface area contributed by atoms with E-state index in [1.165, 1.54) is 36.8 Å². The molecule has 2 aromatic rings. The average molecular weight is 634 g/mol. The molecule has 0 radical (unpaired) electrons. The molecule has 0 aliphatic carbocycles. The van der Waals surface area contributed by atoms with Crippen molar-refractivity contribution in [3.63, 3.8) is 0 Å². The molecule has 0 bridgehead atoms. The number of hydrogen-bond donors (Lipinski definition) is 0. The van der Waals surface area contributed by atoms with Crippen LogP contribution in [0.5, 0.6) is 0 Å². The van der Waals surface area contributed by atoms with Crippen LogP contribution in [0.25, 0.3) is 0 Å². The van der Waals surface area contributed by atoms with Crippen LogP contribution in [0.15, 0.2) is 53.0 Å². The molecule has 2 fully saturated rings. The smallest absolute Gasteiger partial charge is 0.157 e. The predicted molar refractivity (Wildman–Crippen MR) is 173 cm³/mol. The molecule has 4 rings (SSSR count). The van der Waals surface area contributed by atoms with Gasteiger partial charge in [0.05, 0.1) is 22.0 Å². The van der Waals surface area contributed by atoms with E-state index in [1.807, 2.05) is 0 Å². The number of benzene rings is 2. The van der Waals surface area contributed by atoms with Gasteiger partial charge in [-0.2, -0.15) is 0 Å². The molecule has 2 aliphatic rings. The first-order valence-corrected chi connectivity index (χ1v) is 18.4. The Kier molecular flexibility index (Phi) is 16.1. The Morgan fingerprint density at radius 2 is 1.15 bits per heavy atom. The largest absolute Gasteiger partial charge is 0.353 e. The third-order valence-electron chi connectivity index (χ3n) is 7.82. The third kappa shape index (κ3) is 12.9. The molecule has 40 heavy (non-hydrogen) atoms. The van der Waals surface area contributed by atoms with Crippen molar-refractivity contribution in [3.05, 3.63) is 64.1 Å². The minimum absolute atomic E-state index is 0.0497. The molecular weight excluding hydrogens is 580 g/mol. The second-order valence-electron chi connectivity index (χ2n) is 11.9. The van der Waals surface area contributed by atoms with Crippen LogP contribution < -0.4 is 5.19 Å². The summed E-state index contributed by atoms with van der Waals surface area (Å²) in [6.07, 6.45) is 11.4. The van der Waals surface area contributed by atoms with E-state index in [-0.39, 0.29) is 12.6 Å². The lowest BCUT2D eigenvalue weighted by atomic mass is 10.1. The Balaban J connectivity index is 0.000000230. The summed E-state index contributed by atoms with van der Waals surface area (Å²) in [6, 6.07) is 17.9. The molecule has 2 aromatic carbocycles. The van der Waals surface area contributed by atoms with Crippen LogP contribution >= 0.6 is 15.9 Å². The van der Waals surface area contributed by atoms with Gasteiger partial charge >= 0.3 is 0 Å². The lowest BCUT2D eigenvalue weighted by molar-refractivity contribution is -0.162. The third-order valence-corrected chi connectivity index (χ3v) is 12.4. The van der Waals surface area contributed by atoms with Crippen molar-refractivity contribution in [2.24, 2.45) is 0 Å². The van der Waals surface area contributed by atoms with E-state index in [4.69, 9.17) is 18.9 Å². The van der Waals surface area contributed by atoms with Crippen LogP contribution in [-0.4, -0.2) is 47.8 Å². The number of aryl methyl sites for hydroxylation is 2. The molecule has 0 amide bonds. The number of halogens is 1. The summed E-state index contributed by atoms with van der Waals surface area (Å²) in [6.45, 7) is 12.9. The molecular formula is C34H53BrO4Si. The highest BCUT2D eigenvalue weighted by Gasteiger charge is 2.21. The second-order valence-corrected chi connectivity index (χ2v) is 17.2. The van der Waals surface area contributed by atoms with Gasteiger partial charge in [-0.15, -0.1) is 0 Å². The van der Waals surface area contributed by atoms with Gasteiger partial charge < -0.3 is 18.9 Å². The topological polar surface area (TPSA) is 36.9 Å². The maximum Gasteiger partial charge on any atom is 0.157 e. The molecule has 0 saturated carbocycles. The predicted octanol–water partition coefficient (Wildman–Crippen LogP) is 8.34. The zero-order valence-corrected chi connectivity index (χ0v) is 28.2. The summed E-state index contributed by atoms with van der Waals surface area (Å²) in [5.41, 5.74) is 4.44. The highest BCUT2D eigenvalue weighted by atomic mass is 79.9. The van der Waals surface area contributed by atoms with Gasteiger partial charge in [-0.1, -0.05) is 85.2 Å². The van der Waals surface area contributed by atoms with Crippen molar-refractivity contribution in [3.8, 4) is 0 Å². The molecule has 2 aliphatic heterocycles. The highest BCUT2D eigenvalue weighted by molar-refractivity contribution is 9.10. The van der Waals surface area contributed by atoms with E-state index >= 15 is 0 Å². The maximum absolute atomic E-state index is 5.81. The Bertz CT molecular complexity index is 899. The molecule has 0 aromatic heterocycles. The van der Waals surface area contributed by atoms with Crippen LogP contribution in [0.4, 0.5) is 0 Å². The van der Waals surface area contributed by atoms with Gasteiger partial charge in [-0.3, -0.25) is 0 Å². The Hall–Kier alpha value is -1.02. The first-order chi connectivity index (χ1) is 19.4. The standard InChI is InChI=1S/C20H34O2Si.C14H19BrO2/c1-16(2)23(17(3)4)19-12-10-18(11-13-19)8-7-15-22-20-9-5-6-14-21-20;15-13-8-6-12(7-9-13)4-3-11-17-14-5-1-2-10-16-14/h10-13,16-17,20,23H,5-9,14-15H2,1-4H3;6-9,14H,1-5,10-11H2. The molecule has 4 nitrogen and oxygen atoms in total. The maximum atomic E-state index is 5.81. The molecule has 0 spiro atoms. The number of hydrogen-bond acceptors (Lipinski definition) is 4. The second kappa shape index (κ2) is 19.2. The van der Waals surface area contributed by atoms with Crippen LogP contribution in [0.3, 0.4) is 0 Å².